The molecule has 32 heavy (non-hydrogen) atoms. The monoisotopic (exact) mass is 437 g/mol. The third-order valence-electron chi connectivity index (χ3n) is 5.34. The molecule has 3 aromatic rings. The van der Waals surface area contributed by atoms with Crippen LogP contribution < -0.4 is 15.4 Å². The minimum absolute atomic E-state index is 0.0434. The Hall–Kier alpha value is -3.62. The molecule has 0 radical (unpaired) electrons. The summed E-state index contributed by atoms with van der Waals surface area (Å²) in [7, 11) is 0. The van der Waals surface area contributed by atoms with Gasteiger partial charge in [0, 0.05) is 18.2 Å². The highest BCUT2D eigenvalue weighted by atomic mass is 16.6. The molecular formula is C23H27N5O4. The van der Waals surface area contributed by atoms with Gasteiger partial charge in [0.1, 0.15) is 5.75 Å². The van der Waals surface area contributed by atoms with Crippen molar-refractivity contribution in [3.05, 3.63) is 60.1 Å². The van der Waals surface area contributed by atoms with Crippen LogP contribution in [0.3, 0.4) is 0 Å². The Labute approximate surface area is 186 Å². The molecule has 1 fully saturated rings. The van der Waals surface area contributed by atoms with E-state index in [-0.39, 0.29) is 41.6 Å². The molecule has 2 N–H and O–H groups in total. The number of hydrogen-bond donors (Lipinski definition) is 2. The Bertz CT molecular complexity index is 1050. The van der Waals surface area contributed by atoms with Crippen molar-refractivity contribution in [2.24, 2.45) is 0 Å². The van der Waals surface area contributed by atoms with Crippen molar-refractivity contribution in [3.63, 3.8) is 0 Å². The fourth-order valence-corrected chi connectivity index (χ4v) is 3.74. The van der Waals surface area contributed by atoms with E-state index in [4.69, 9.17) is 9.15 Å². The fraction of sp³-hybridized carbons (Fsp3) is 0.391. The van der Waals surface area contributed by atoms with Crippen molar-refractivity contribution in [2.75, 3.05) is 0 Å². The number of benzene rings is 1. The van der Waals surface area contributed by atoms with Gasteiger partial charge in [-0.05, 0) is 57.7 Å². The number of amides is 2. The number of para-hydroxylation sites is 1. The zero-order chi connectivity index (χ0) is 22.5. The van der Waals surface area contributed by atoms with Gasteiger partial charge < -0.3 is 19.8 Å². The Morgan fingerprint density at radius 1 is 1.06 bits per heavy atom. The van der Waals surface area contributed by atoms with Crippen LogP contribution >= 0.6 is 0 Å². The molecule has 0 bridgehead atoms. The second-order valence-corrected chi connectivity index (χ2v) is 8.22. The first-order valence-corrected chi connectivity index (χ1v) is 10.8. The highest BCUT2D eigenvalue weighted by Gasteiger charge is 2.26. The van der Waals surface area contributed by atoms with Gasteiger partial charge in [-0.1, -0.05) is 23.4 Å². The molecule has 2 aromatic heterocycles. The number of carbonyl (C=O) groups excluding carboxylic acids is 2. The molecule has 1 saturated carbocycles. The van der Waals surface area contributed by atoms with Crippen molar-refractivity contribution in [1.82, 2.24) is 25.6 Å². The van der Waals surface area contributed by atoms with Gasteiger partial charge in [0.05, 0.1) is 12.2 Å². The second kappa shape index (κ2) is 9.67. The first kappa shape index (κ1) is 21.6. The summed E-state index contributed by atoms with van der Waals surface area (Å²) in [5.41, 5.74) is 0.320. The van der Waals surface area contributed by atoms with Crippen LogP contribution in [0.5, 0.6) is 11.7 Å². The molecule has 0 unspecified atom stereocenters. The van der Waals surface area contributed by atoms with Crippen LogP contribution in [0.4, 0.5) is 0 Å². The van der Waals surface area contributed by atoms with Gasteiger partial charge in [-0.2, -0.15) is 0 Å². The first-order chi connectivity index (χ1) is 15.5. The van der Waals surface area contributed by atoms with Gasteiger partial charge in [-0.15, -0.1) is 5.10 Å². The summed E-state index contributed by atoms with van der Waals surface area (Å²) in [6, 6.07) is 12.8. The fourth-order valence-electron chi connectivity index (χ4n) is 3.74. The van der Waals surface area contributed by atoms with Crippen LogP contribution in [-0.4, -0.2) is 38.9 Å². The van der Waals surface area contributed by atoms with Crippen LogP contribution in [0.25, 0.3) is 0 Å². The van der Waals surface area contributed by atoms with E-state index in [2.05, 4.69) is 20.9 Å². The van der Waals surface area contributed by atoms with Crippen LogP contribution in [0.2, 0.25) is 0 Å². The molecule has 0 saturated heterocycles. The van der Waals surface area contributed by atoms with Crippen molar-refractivity contribution >= 4 is 11.8 Å². The predicted octanol–water partition coefficient (Wildman–Crippen LogP) is 3.72. The Kier molecular flexibility index (Phi) is 6.53. The normalized spacial score (nSPS) is 18.3. The molecule has 0 atom stereocenters. The maximum absolute atomic E-state index is 12.6. The van der Waals surface area contributed by atoms with E-state index in [1.165, 1.54) is 0 Å². The lowest BCUT2D eigenvalue weighted by Gasteiger charge is -2.28. The van der Waals surface area contributed by atoms with Gasteiger partial charge in [0.2, 0.25) is 0 Å². The zero-order valence-electron chi connectivity index (χ0n) is 18.2. The molecule has 2 amide bonds. The van der Waals surface area contributed by atoms with Crippen LogP contribution in [-0.2, 0) is 0 Å². The maximum Gasteiger partial charge on any atom is 0.290 e. The van der Waals surface area contributed by atoms with E-state index >= 15 is 0 Å². The lowest BCUT2D eigenvalue weighted by Crippen LogP contribution is -2.37. The van der Waals surface area contributed by atoms with Crippen molar-refractivity contribution < 1.29 is 18.7 Å². The van der Waals surface area contributed by atoms with Gasteiger partial charge in [0.15, 0.2) is 11.5 Å². The largest absolute Gasteiger partial charge is 0.426 e. The number of nitrogens with zero attached hydrogens (tertiary/aromatic N) is 3. The Morgan fingerprint density at radius 2 is 1.81 bits per heavy atom. The van der Waals surface area contributed by atoms with Crippen LogP contribution in [0, 0.1) is 0 Å². The highest BCUT2D eigenvalue weighted by Crippen LogP contribution is 2.29. The molecule has 9 heteroatoms. The SMILES string of the molecule is CC(C)NC(=O)c1cn(C2CCC(NC(=O)c3ccc(Oc4ccccc4)o3)CC2)nn1. The minimum Gasteiger partial charge on any atom is -0.426 e. The minimum atomic E-state index is -0.259. The lowest BCUT2D eigenvalue weighted by atomic mass is 9.91. The summed E-state index contributed by atoms with van der Waals surface area (Å²) in [4.78, 5) is 24.6. The number of aromatic nitrogens is 3. The quantitative estimate of drug-likeness (QED) is 0.583. The highest BCUT2D eigenvalue weighted by molar-refractivity contribution is 5.92. The van der Waals surface area contributed by atoms with E-state index in [1.54, 1.807) is 23.0 Å². The number of carbonyl (C=O) groups is 2. The summed E-state index contributed by atoms with van der Waals surface area (Å²) in [6.07, 6.45) is 4.97. The third kappa shape index (κ3) is 5.35. The smallest absolute Gasteiger partial charge is 0.290 e. The van der Waals surface area contributed by atoms with E-state index < -0.39 is 0 Å². The molecule has 2 heterocycles. The summed E-state index contributed by atoms with van der Waals surface area (Å²) in [5.74, 6) is 0.653. The molecule has 1 aromatic carbocycles. The average molecular weight is 438 g/mol. The molecule has 0 aliphatic heterocycles. The van der Waals surface area contributed by atoms with E-state index in [0.717, 1.165) is 25.7 Å². The van der Waals surface area contributed by atoms with Crippen LogP contribution in [0.1, 0.15) is 66.6 Å². The third-order valence-corrected chi connectivity index (χ3v) is 5.34. The van der Waals surface area contributed by atoms with Crippen LogP contribution in [0.15, 0.2) is 53.1 Å². The predicted molar refractivity (Wildman–Crippen MR) is 117 cm³/mol. The van der Waals surface area contributed by atoms with E-state index in [9.17, 15) is 9.59 Å². The molecule has 4 rings (SSSR count). The molecule has 1 aliphatic rings. The molecular weight excluding hydrogens is 410 g/mol. The molecule has 1 aliphatic carbocycles. The van der Waals surface area contributed by atoms with Crippen molar-refractivity contribution in [3.8, 4) is 11.7 Å². The molecule has 168 valence electrons. The van der Waals surface area contributed by atoms with Gasteiger partial charge in [0.25, 0.3) is 17.8 Å². The topological polar surface area (TPSA) is 111 Å². The Balaban J connectivity index is 1.27. The maximum atomic E-state index is 12.6. The second-order valence-electron chi connectivity index (χ2n) is 8.22. The standard InChI is InChI=1S/C23H27N5O4/c1-15(2)24-22(29)19-14-28(27-26-19)17-10-8-16(9-11-17)25-23(30)20-12-13-21(32-20)31-18-6-4-3-5-7-18/h3-7,12-17H,8-11H2,1-2H3,(H,24,29)(H,25,30). The summed E-state index contributed by atoms with van der Waals surface area (Å²) in [5, 5.41) is 14.0. The van der Waals surface area contributed by atoms with Crippen molar-refractivity contribution in [2.45, 2.75) is 57.7 Å². The number of ether oxygens (including phenoxy) is 1. The van der Waals surface area contributed by atoms with E-state index in [1.807, 2.05) is 44.2 Å². The first-order valence-electron chi connectivity index (χ1n) is 10.8. The summed E-state index contributed by atoms with van der Waals surface area (Å²) >= 11 is 0. The van der Waals surface area contributed by atoms with Gasteiger partial charge in [-0.3, -0.25) is 9.59 Å². The van der Waals surface area contributed by atoms with E-state index in [0.29, 0.717) is 11.4 Å². The molecule has 9 nitrogen and oxygen atoms in total. The number of nitrogens with one attached hydrogen (secondary N) is 2. The number of hydrogen-bond acceptors (Lipinski definition) is 6. The van der Waals surface area contributed by atoms with Gasteiger partial charge >= 0.3 is 0 Å². The van der Waals surface area contributed by atoms with Gasteiger partial charge in [-0.25, -0.2) is 4.68 Å². The average Bonchev–Trinajstić information content (AvgIpc) is 3.45. The van der Waals surface area contributed by atoms with Crippen molar-refractivity contribution in [1.29, 1.82) is 0 Å². The summed E-state index contributed by atoms with van der Waals surface area (Å²) < 4.78 is 12.9. The lowest BCUT2D eigenvalue weighted by molar-refractivity contribution is 0.0887. The Morgan fingerprint density at radius 3 is 2.53 bits per heavy atom. The summed E-state index contributed by atoms with van der Waals surface area (Å²) in [6.45, 7) is 3.80. The number of rotatable bonds is 7. The molecule has 0 spiro atoms. The zero-order valence-corrected chi connectivity index (χ0v) is 18.2. The number of furan rings is 1.